The van der Waals surface area contributed by atoms with E-state index in [9.17, 15) is 4.79 Å². The van der Waals surface area contributed by atoms with Gasteiger partial charge >= 0.3 is 5.69 Å². The van der Waals surface area contributed by atoms with Gasteiger partial charge in [-0.2, -0.15) is 5.26 Å². The largest absolute Gasteiger partial charge is 0.495 e. The van der Waals surface area contributed by atoms with Crippen LogP contribution in [0.5, 0.6) is 5.75 Å². The molecule has 7 heteroatoms. The van der Waals surface area contributed by atoms with Crippen molar-refractivity contribution >= 4 is 11.8 Å². The van der Waals surface area contributed by atoms with Crippen LogP contribution in [0.25, 0.3) is 0 Å². The second-order valence-corrected chi connectivity index (χ2v) is 5.79. The molecule has 1 N–H and O–H groups in total. The number of nitriles is 1. The van der Waals surface area contributed by atoms with E-state index in [4.69, 9.17) is 10.00 Å². The van der Waals surface area contributed by atoms with Crippen molar-refractivity contribution in [3.8, 4) is 11.8 Å². The highest BCUT2D eigenvalue weighted by Crippen LogP contribution is 2.36. The topological polar surface area (TPSA) is 83.7 Å². The van der Waals surface area contributed by atoms with Crippen LogP contribution < -0.4 is 10.4 Å². The molecule has 0 bridgehead atoms. The number of hydrogen-bond acceptors (Lipinski definition) is 5. The van der Waals surface area contributed by atoms with Gasteiger partial charge in [0.25, 0.3) is 0 Å². The van der Waals surface area contributed by atoms with E-state index in [1.165, 1.54) is 11.8 Å². The Morgan fingerprint density at radius 1 is 1.57 bits per heavy atom. The number of H-pyrrole nitrogens is 1. The first-order valence-electron chi connectivity index (χ1n) is 6.59. The number of hydrogen-bond donors (Lipinski definition) is 1. The zero-order chi connectivity index (χ0) is 14.8. The summed E-state index contributed by atoms with van der Waals surface area (Å²) in [7, 11) is 1.55. The van der Waals surface area contributed by atoms with Crippen LogP contribution in [0.4, 0.5) is 0 Å². The fraction of sp³-hybridized carbons (Fsp3) is 0.357. The lowest BCUT2D eigenvalue weighted by Gasteiger charge is -2.06. The van der Waals surface area contributed by atoms with Crippen molar-refractivity contribution in [2.75, 3.05) is 7.11 Å². The van der Waals surface area contributed by atoms with Crippen LogP contribution in [0.2, 0.25) is 0 Å². The van der Waals surface area contributed by atoms with Crippen LogP contribution in [0.15, 0.2) is 28.2 Å². The summed E-state index contributed by atoms with van der Waals surface area (Å²) in [5.74, 6) is 1.23. The molecule has 0 radical (unpaired) electrons. The van der Waals surface area contributed by atoms with Gasteiger partial charge in [-0.1, -0.05) is 17.8 Å². The molecule has 1 aliphatic carbocycles. The summed E-state index contributed by atoms with van der Waals surface area (Å²) in [5, 5.41) is 16.3. The highest BCUT2D eigenvalue weighted by atomic mass is 32.2. The first kappa shape index (κ1) is 13.8. The van der Waals surface area contributed by atoms with Crippen LogP contribution >= 0.6 is 11.8 Å². The van der Waals surface area contributed by atoms with Crippen molar-refractivity contribution in [3.05, 3.63) is 39.8 Å². The molecular formula is C14H14N4O2S. The zero-order valence-corrected chi connectivity index (χ0v) is 12.3. The van der Waals surface area contributed by atoms with Gasteiger partial charge in [0.15, 0.2) is 5.16 Å². The van der Waals surface area contributed by atoms with E-state index in [1.807, 2.05) is 12.1 Å². The molecule has 2 aromatic rings. The fourth-order valence-corrected chi connectivity index (χ4v) is 3.07. The van der Waals surface area contributed by atoms with Gasteiger partial charge < -0.3 is 4.74 Å². The number of methoxy groups -OCH3 is 1. The molecule has 0 saturated heterocycles. The maximum absolute atomic E-state index is 11.7. The Kier molecular flexibility index (Phi) is 3.71. The number of rotatable bonds is 5. The average Bonchev–Trinajstić information content (AvgIpc) is 3.28. The Hall–Kier alpha value is -2.20. The summed E-state index contributed by atoms with van der Waals surface area (Å²) in [6.45, 7) is 0. The molecule has 1 heterocycles. The molecule has 0 spiro atoms. The van der Waals surface area contributed by atoms with E-state index >= 15 is 0 Å². The van der Waals surface area contributed by atoms with Gasteiger partial charge in [-0.25, -0.2) is 9.89 Å². The predicted octanol–water partition coefficient (Wildman–Crippen LogP) is 2.08. The van der Waals surface area contributed by atoms with Crippen LogP contribution in [-0.4, -0.2) is 21.9 Å². The molecule has 6 nitrogen and oxygen atoms in total. The lowest BCUT2D eigenvalue weighted by Crippen LogP contribution is -2.16. The fourth-order valence-electron chi connectivity index (χ4n) is 2.11. The summed E-state index contributed by atoms with van der Waals surface area (Å²) in [6, 6.07) is 7.87. The van der Waals surface area contributed by atoms with Crippen molar-refractivity contribution in [2.24, 2.45) is 0 Å². The third-order valence-electron chi connectivity index (χ3n) is 3.34. The van der Waals surface area contributed by atoms with E-state index in [0.717, 1.165) is 18.4 Å². The summed E-state index contributed by atoms with van der Waals surface area (Å²) >= 11 is 1.50. The smallest absolute Gasteiger partial charge is 0.344 e. The molecule has 1 aliphatic rings. The standard InChI is InChI=1S/C14H14N4O2S/c1-20-12-6-9(2-3-10(12)7-15)8-21-14-17-16-13(19)18(14)11-4-5-11/h2-3,6,11H,4-5,8H2,1H3,(H,16,19). The van der Waals surface area contributed by atoms with E-state index in [1.54, 1.807) is 17.7 Å². The number of ether oxygens (including phenoxy) is 1. The van der Waals surface area contributed by atoms with Gasteiger partial charge in [0.1, 0.15) is 11.8 Å². The van der Waals surface area contributed by atoms with Crippen LogP contribution in [0.1, 0.15) is 30.0 Å². The van der Waals surface area contributed by atoms with Crippen LogP contribution in [0, 0.1) is 11.3 Å². The van der Waals surface area contributed by atoms with E-state index in [-0.39, 0.29) is 5.69 Å². The molecule has 108 valence electrons. The molecule has 0 amide bonds. The van der Waals surface area contributed by atoms with Crippen molar-refractivity contribution in [1.29, 1.82) is 5.26 Å². The molecule has 1 aromatic heterocycles. The normalized spacial score (nSPS) is 13.9. The predicted molar refractivity (Wildman–Crippen MR) is 78.4 cm³/mol. The average molecular weight is 302 g/mol. The molecular weight excluding hydrogens is 288 g/mol. The van der Waals surface area contributed by atoms with Gasteiger partial charge in [-0.05, 0) is 30.5 Å². The molecule has 1 aromatic carbocycles. The Balaban J connectivity index is 1.76. The van der Waals surface area contributed by atoms with E-state index in [0.29, 0.717) is 28.3 Å². The molecule has 21 heavy (non-hydrogen) atoms. The Bertz CT molecular complexity index is 755. The minimum absolute atomic E-state index is 0.141. The number of nitrogens with zero attached hydrogens (tertiary/aromatic N) is 3. The van der Waals surface area contributed by atoms with Crippen LogP contribution in [0.3, 0.4) is 0 Å². The summed E-state index contributed by atoms with van der Waals surface area (Å²) in [4.78, 5) is 11.7. The highest BCUT2D eigenvalue weighted by molar-refractivity contribution is 7.98. The number of aromatic amines is 1. The van der Waals surface area contributed by atoms with Gasteiger partial charge in [-0.3, -0.25) is 4.57 Å². The molecule has 3 rings (SSSR count). The van der Waals surface area contributed by atoms with E-state index < -0.39 is 0 Å². The number of thioether (sulfide) groups is 1. The number of aromatic nitrogens is 3. The molecule has 0 atom stereocenters. The van der Waals surface area contributed by atoms with E-state index in [2.05, 4.69) is 16.3 Å². The minimum Gasteiger partial charge on any atom is -0.495 e. The lowest BCUT2D eigenvalue weighted by molar-refractivity contribution is 0.413. The SMILES string of the molecule is COc1cc(CSc2n[nH]c(=O)n2C2CC2)ccc1C#N. The monoisotopic (exact) mass is 302 g/mol. The third-order valence-corrected chi connectivity index (χ3v) is 4.36. The molecule has 0 aliphatic heterocycles. The Morgan fingerprint density at radius 3 is 3.05 bits per heavy atom. The van der Waals surface area contributed by atoms with Crippen molar-refractivity contribution in [2.45, 2.75) is 29.8 Å². The van der Waals surface area contributed by atoms with Crippen molar-refractivity contribution in [3.63, 3.8) is 0 Å². The third kappa shape index (κ3) is 2.81. The molecule has 0 unspecified atom stereocenters. The van der Waals surface area contributed by atoms with Crippen LogP contribution in [-0.2, 0) is 5.75 Å². The number of nitrogens with one attached hydrogen (secondary N) is 1. The zero-order valence-electron chi connectivity index (χ0n) is 11.5. The van der Waals surface area contributed by atoms with Gasteiger partial charge in [0.2, 0.25) is 0 Å². The second kappa shape index (κ2) is 5.66. The second-order valence-electron chi connectivity index (χ2n) is 4.85. The van der Waals surface area contributed by atoms with Gasteiger partial charge in [-0.15, -0.1) is 5.10 Å². The number of benzene rings is 1. The molecule has 1 saturated carbocycles. The van der Waals surface area contributed by atoms with Gasteiger partial charge in [0, 0.05) is 11.8 Å². The summed E-state index contributed by atoms with van der Waals surface area (Å²) in [5.41, 5.74) is 1.40. The highest BCUT2D eigenvalue weighted by Gasteiger charge is 2.28. The van der Waals surface area contributed by atoms with Crippen molar-refractivity contribution in [1.82, 2.24) is 14.8 Å². The lowest BCUT2D eigenvalue weighted by atomic mass is 10.1. The quantitative estimate of drug-likeness (QED) is 0.855. The van der Waals surface area contributed by atoms with Gasteiger partial charge in [0.05, 0.1) is 12.7 Å². The Labute approximate surface area is 125 Å². The summed E-state index contributed by atoms with van der Waals surface area (Å²) < 4.78 is 6.92. The maximum atomic E-state index is 11.7. The maximum Gasteiger partial charge on any atom is 0.344 e. The summed E-state index contributed by atoms with van der Waals surface area (Å²) in [6.07, 6.45) is 2.08. The van der Waals surface area contributed by atoms with Crippen molar-refractivity contribution < 1.29 is 4.74 Å². The first-order valence-corrected chi connectivity index (χ1v) is 7.58. The molecule has 1 fully saturated rings. The first-order chi connectivity index (χ1) is 10.2. The minimum atomic E-state index is -0.141. The Morgan fingerprint density at radius 2 is 2.38 bits per heavy atom.